The van der Waals surface area contributed by atoms with Crippen LogP contribution in [0.4, 0.5) is 0 Å². The number of ether oxygens (including phenoxy) is 1. The minimum atomic E-state index is -0.370. The van der Waals surface area contributed by atoms with Gasteiger partial charge in [-0.15, -0.1) is 11.3 Å². The highest BCUT2D eigenvalue weighted by Gasteiger charge is 2.16. The molecule has 120 valence electrons. The van der Waals surface area contributed by atoms with Crippen molar-refractivity contribution in [3.8, 4) is 10.8 Å². The second-order valence-electron chi connectivity index (χ2n) is 5.10. The molecule has 3 rings (SSSR count). The van der Waals surface area contributed by atoms with E-state index in [1.165, 1.54) is 6.20 Å². The molecule has 0 unspecified atom stereocenters. The molecule has 0 aliphatic rings. The largest absolute Gasteiger partial charge is 0.462 e. The minimum Gasteiger partial charge on any atom is -0.462 e. The molecule has 0 bridgehead atoms. The average molecular weight is 331 g/mol. The highest BCUT2D eigenvalue weighted by atomic mass is 32.1. The summed E-state index contributed by atoms with van der Waals surface area (Å²) in [5.41, 5.74) is 2.38. The maximum absolute atomic E-state index is 11.7. The molecule has 3 aromatic heterocycles. The maximum Gasteiger partial charge on any atom is 0.341 e. The van der Waals surface area contributed by atoms with E-state index in [4.69, 9.17) is 9.15 Å². The van der Waals surface area contributed by atoms with E-state index in [1.807, 2.05) is 25.3 Å². The van der Waals surface area contributed by atoms with Crippen LogP contribution in [0.15, 0.2) is 28.3 Å². The van der Waals surface area contributed by atoms with E-state index in [1.54, 1.807) is 29.1 Å². The van der Waals surface area contributed by atoms with E-state index in [0.29, 0.717) is 24.6 Å². The van der Waals surface area contributed by atoms with Crippen molar-refractivity contribution in [1.29, 1.82) is 0 Å². The van der Waals surface area contributed by atoms with E-state index >= 15 is 0 Å². The van der Waals surface area contributed by atoms with Crippen LogP contribution in [0.1, 0.15) is 34.3 Å². The minimum absolute atomic E-state index is 0.343. The number of aromatic nitrogens is 3. The average Bonchev–Trinajstić information content (AvgIpc) is 3.21. The molecule has 6 nitrogen and oxygen atoms in total. The fraction of sp³-hybridized carbons (Fsp3) is 0.312. The molecule has 0 aliphatic carbocycles. The molecular weight excluding hydrogens is 314 g/mol. The van der Waals surface area contributed by atoms with Gasteiger partial charge in [0, 0.05) is 6.20 Å². The Morgan fingerprint density at radius 2 is 2.26 bits per heavy atom. The van der Waals surface area contributed by atoms with Crippen LogP contribution < -0.4 is 0 Å². The number of carbonyl (C=O) groups excluding carboxylic acids is 1. The van der Waals surface area contributed by atoms with Crippen molar-refractivity contribution in [2.24, 2.45) is 0 Å². The molecular formula is C16H17N3O3S. The van der Waals surface area contributed by atoms with E-state index in [-0.39, 0.29) is 5.97 Å². The Kier molecular flexibility index (Phi) is 4.29. The van der Waals surface area contributed by atoms with E-state index in [0.717, 1.165) is 21.9 Å². The van der Waals surface area contributed by atoms with Crippen molar-refractivity contribution in [3.05, 3.63) is 46.4 Å². The number of rotatable bonds is 5. The zero-order valence-electron chi connectivity index (χ0n) is 13.2. The smallest absolute Gasteiger partial charge is 0.341 e. The van der Waals surface area contributed by atoms with E-state index in [2.05, 4.69) is 10.1 Å². The Morgan fingerprint density at radius 3 is 2.96 bits per heavy atom. The van der Waals surface area contributed by atoms with Gasteiger partial charge < -0.3 is 9.15 Å². The number of carbonyl (C=O) groups is 1. The number of hydrogen-bond donors (Lipinski definition) is 0. The Morgan fingerprint density at radius 1 is 1.43 bits per heavy atom. The number of aryl methyl sites for hydroxylation is 2. The molecule has 0 N–H and O–H groups in total. The third kappa shape index (κ3) is 3.19. The van der Waals surface area contributed by atoms with Crippen molar-refractivity contribution in [2.45, 2.75) is 27.3 Å². The molecule has 3 heterocycles. The highest BCUT2D eigenvalue weighted by Crippen LogP contribution is 2.29. The predicted octanol–water partition coefficient (Wildman–Crippen LogP) is 3.44. The molecule has 0 spiro atoms. The van der Waals surface area contributed by atoms with Crippen molar-refractivity contribution < 1.29 is 13.9 Å². The summed E-state index contributed by atoms with van der Waals surface area (Å²) in [4.78, 5) is 17.3. The molecule has 0 aromatic carbocycles. The summed E-state index contributed by atoms with van der Waals surface area (Å²) in [6.07, 6.45) is 3.15. The quantitative estimate of drug-likeness (QED) is 0.670. The number of esters is 1. The molecule has 0 saturated heterocycles. The SMILES string of the molecule is CCOC(=O)c1cnn(Cc2nc(-c3sccc3C)oc2C)c1. The Hall–Kier alpha value is -2.41. The third-order valence-corrected chi connectivity index (χ3v) is 4.41. The monoisotopic (exact) mass is 331 g/mol. The summed E-state index contributed by atoms with van der Waals surface area (Å²) >= 11 is 1.60. The van der Waals surface area contributed by atoms with Crippen molar-refractivity contribution >= 4 is 17.3 Å². The molecule has 0 aliphatic heterocycles. The first-order chi connectivity index (χ1) is 11.1. The lowest BCUT2D eigenvalue weighted by Gasteiger charge is -1.98. The molecule has 0 atom stereocenters. The fourth-order valence-electron chi connectivity index (χ4n) is 2.19. The predicted molar refractivity (Wildman–Crippen MR) is 86.6 cm³/mol. The first kappa shape index (κ1) is 15.5. The summed E-state index contributed by atoms with van der Waals surface area (Å²) in [6, 6.07) is 2.04. The Bertz CT molecular complexity index is 831. The molecule has 0 amide bonds. The second kappa shape index (κ2) is 6.37. The maximum atomic E-state index is 11.7. The van der Waals surface area contributed by atoms with Gasteiger partial charge in [-0.1, -0.05) is 0 Å². The van der Waals surface area contributed by atoms with Gasteiger partial charge in [-0.2, -0.15) is 5.10 Å². The van der Waals surface area contributed by atoms with Crippen molar-refractivity contribution in [2.75, 3.05) is 6.61 Å². The van der Waals surface area contributed by atoms with Crippen LogP contribution in [-0.2, 0) is 11.3 Å². The van der Waals surface area contributed by atoms with Crippen molar-refractivity contribution in [3.63, 3.8) is 0 Å². The Balaban J connectivity index is 1.80. The van der Waals surface area contributed by atoms with Gasteiger partial charge in [0.25, 0.3) is 0 Å². The van der Waals surface area contributed by atoms with Crippen LogP contribution in [0, 0.1) is 13.8 Å². The van der Waals surface area contributed by atoms with E-state index < -0.39 is 0 Å². The molecule has 0 fully saturated rings. The summed E-state index contributed by atoms with van der Waals surface area (Å²) < 4.78 is 12.4. The first-order valence-electron chi connectivity index (χ1n) is 7.28. The molecule has 0 saturated carbocycles. The molecule has 0 radical (unpaired) electrons. The number of nitrogens with zero attached hydrogens (tertiary/aromatic N) is 3. The highest BCUT2D eigenvalue weighted by molar-refractivity contribution is 7.13. The number of thiophene rings is 1. The summed E-state index contributed by atoms with van der Waals surface area (Å²) in [5.74, 6) is 1.01. The zero-order chi connectivity index (χ0) is 16.4. The van der Waals surface area contributed by atoms with Gasteiger partial charge in [0.15, 0.2) is 0 Å². The topological polar surface area (TPSA) is 70.2 Å². The summed E-state index contributed by atoms with van der Waals surface area (Å²) in [6.45, 7) is 6.47. The van der Waals surface area contributed by atoms with Crippen LogP contribution in [-0.4, -0.2) is 27.3 Å². The van der Waals surface area contributed by atoms with Crippen LogP contribution in [0.25, 0.3) is 10.8 Å². The van der Waals surface area contributed by atoms with Gasteiger partial charge in [0.05, 0.1) is 29.8 Å². The first-order valence-corrected chi connectivity index (χ1v) is 8.16. The van der Waals surface area contributed by atoms with Crippen LogP contribution in [0.2, 0.25) is 0 Å². The summed E-state index contributed by atoms with van der Waals surface area (Å²) in [7, 11) is 0. The van der Waals surface area contributed by atoms with Crippen LogP contribution >= 0.6 is 11.3 Å². The van der Waals surface area contributed by atoms with Crippen molar-refractivity contribution in [1.82, 2.24) is 14.8 Å². The third-order valence-electron chi connectivity index (χ3n) is 3.41. The fourth-order valence-corrected chi connectivity index (χ4v) is 3.04. The Labute approximate surface area is 137 Å². The summed E-state index contributed by atoms with van der Waals surface area (Å²) in [5, 5.41) is 6.20. The number of hydrogen-bond acceptors (Lipinski definition) is 6. The standard InChI is InChI=1S/C16H17N3O3S/c1-4-21-16(20)12-7-17-19(8-12)9-13-11(3)22-15(18-13)14-10(2)5-6-23-14/h5-8H,4,9H2,1-3H3. The van der Waals surface area contributed by atoms with Crippen LogP contribution in [0.5, 0.6) is 0 Å². The lowest BCUT2D eigenvalue weighted by atomic mass is 10.3. The van der Waals surface area contributed by atoms with E-state index in [9.17, 15) is 4.79 Å². The zero-order valence-corrected chi connectivity index (χ0v) is 14.0. The van der Waals surface area contributed by atoms with Crippen LogP contribution in [0.3, 0.4) is 0 Å². The van der Waals surface area contributed by atoms with Gasteiger partial charge in [0.1, 0.15) is 11.5 Å². The normalized spacial score (nSPS) is 10.9. The van der Waals surface area contributed by atoms with Gasteiger partial charge in [0.2, 0.25) is 5.89 Å². The van der Waals surface area contributed by atoms with Gasteiger partial charge in [-0.05, 0) is 37.8 Å². The molecule has 3 aromatic rings. The van der Waals surface area contributed by atoms with Gasteiger partial charge in [-0.25, -0.2) is 9.78 Å². The number of oxazole rings is 1. The lowest BCUT2D eigenvalue weighted by Crippen LogP contribution is -2.04. The second-order valence-corrected chi connectivity index (χ2v) is 6.02. The van der Waals surface area contributed by atoms with Gasteiger partial charge >= 0.3 is 5.97 Å². The van der Waals surface area contributed by atoms with Gasteiger partial charge in [-0.3, -0.25) is 4.68 Å². The molecule has 7 heteroatoms. The molecule has 23 heavy (non-hydrogen) atoms. The lowest BCUT2D eigenvalue weighted by molar-refractivity contribution is 0.0526.